The van der Waals surface area contributed by atoms with Crippen molar-refractivity contribution in [3.63, 3.8) is 0 Å². The number of carbonyl (C=O) groups is 2. The molecule has 2 aliphatic heterocycles. The smallest absolute Gasteiger partial charge is 0.233 e. The fourth-order valence-corrected chi connectivity index (χ4v) is 3.92. The Hall–Kier alpha value is -1.14. The molecule has 0 bridgehead atoms. The lowest BCUT2D eigenvalue weighted by Gasteiger charge is -2.39. The van der Waals surface area contributed by atoms with Gasteiger partial charge in [-0.15, -0.1) is 0 Å². The average Bonchev–Trinajstić information content (AvgIpc) is 2.76. The van der Waals surface area contributed by atoms with Crippen LogP contribution < -0.4 is 5.32 Å². The Balaban J connectivity index is 2.00. The van der Waals surface area contributed by atoms with Crippen molar-refractivity contribution in [3.8, 4) is 0 Å². The van der Waals surface area contributed by atoms with Gasteiger partial charge in [-0.2, -0.15) is 0 Å². The molecular weight excluding hydrogens is 270 g/mol. The van der Waals surface area contributed by atoms with Gasteiger partial charge in [0, 0.05) is 20.5 Å². The maximum Gasteiger partial charge on any atom is 0.233 e. The number of rotatable bonds is 3. The summed E-state index contributed by atoms with van der Waals surface area (Å²) < 4.78 is 0. The zero-order valence-electron chi connectivity index (χ0n) is 13.3. The van der Waals surface area contributed by atoms with E-state index < -0.39 is 5.54 Å². The van der Waals surface area contributed by atoms with Crippen LogP contribution in [0.1, 0.15) is 33.1 Å². The molecule has 2 rings (SSSR count). The molecule has 1 atom stereocenters. The van der Waals surface area contributed by atoms with Crippen molar-refractivity contribution in [1.82, 2.24) is 15.1 Å². The highest BCUT2D eigenvalue weighted by molar-refractivity contribution is 5.77. The molecule has 0 saturated carbocycles. The van der Waals surface area contributed by atoms with Crippen LogP contribution in [0.2, 0.25) is 0 Å². The van der Waals surface area contributed by atoms with E-state index in [2.05, 4.69) is 10.2 Å². The molecule has 1 spiro atoms. The zero-order chi connectivity index (χ0) is 15.7. The van der Waals surface area contributed by atoms with Gasteiger partial charge in [0.25, 0.3) is 0 Å². The van der Waals surface area contributed by atoms with Crippen molar-refractivity contribution in [3.05, 3.63) is 0 Å². The summed E-state index contributed by atoms with van der Waals surface area (Å²) in [6.45, 7) is 6.48. The number of likely N-dealkylation sites (tertiary alicyclic amines) is 2. The van der Waals surface area contributed by atoms with Gasteiger partial charge in [-0.3, -0.25) is 14.5 Å². The van der Waals surface area contributed by atoms with Gasteiger partial charge in [-0.05, 0) is 44.7 Å². The Labute approximate surface area is 126 Å². The van der Waals surface area contributed by atoms with Crippen molar-refractivity contribution in [2.24, 2.45) is 5.41 Å². The first kappa shape index (κ1) is 16.2. The van der Waals surface area contributed by atoms with E-state index in [0.717, 1.165) is 38.9 Å². The number of likely N-dealkylation sites (N-methyl/N-ethyl adjacent to an activating group) is 1. The van der Waals surface area contributed by atoms with Crippen LogP contribution >= 0.6 is 0 Å². The lowest BCUT2D eigenvalue weighted by molar-refractivity contribution is -0.134. The fourth-order valence-electron chi connectivity index (χ4n) is 3.92. The van der Waals surface area contributed by atoms with Crippen LogP contribution in [0.5, 0.6) is 0 Å². The van der Waals surface area contributed by atoms with E-state index in [1.54, 1.807) is 14.0 Å². The Bertz CT molecular complexity index is 418. The van der Waals surface area contributed by atoms with Crippen molar-refractivity contribution in [2.75, 3.05) is 39.8 Å². The Kier molecular flexibility index (Phi) is 4.58. The van der Waals surface area contributed by atoms with Gasteiger partial charge in [0.05, 0.1) is 18.7 Å². The predicted molar refractivity (Wildman–Crippen MR) is 79.7 cm³/mol. The second kappa shape index (κ2) is 5.93. The molecule has 2 aliphatic rings. The molecule has 21 heavy (non-hydrogen) atoms. The first-order valence-corrected chi connectivity index (χ1v) is 7.66. The molecule has 6 heteroatoms. The highest BCUT2D eigenvalue weighted by Crippen LogP contribution is 2.47. The summed E-state index contributed by atoms with van der Waals surface area (Å²) in [6.07, 6.45) is 2.80. The second-order valence-corrected chi connectivity index (χ2v) is 6.89. The van der Waals surface area contributed by atoms with Crippen LogP contribution in [-0.2, 0) is 9.59 Å². The van der Waals surface area contributed by atoms with Crippen molar-refractivity contribution >= 4 is 11.8 Å². The number of hydrogen-bond acceptors (Lipinski definition) is 4. The van der Waals surface area contributed by atoms with Crippen molar-refractivity contribution in [2.45, 2.75) is 38.6 Å². The normalized spacial score (nSPS) is 28.9. The third-order valence-corrected chi connectivity index (χ3v) is 5.18. The molecule has 2 saturated heterocycles. The highest BCUT2D eigenvalue weighted by atomic mass is 16.3. The van der Waals surface area contributed by atoms with E-state index >= 15 is 0 Å². The first-order valence-electron chi connectivity index (χ1n) is 7.66. The standard InChI is InChI=1S/C15H27N3O3/c1-12(20)18-10-15(9-14(18,2)11-19)4-6-17(7-5-15)8-13(21)16-3/h19H,4-11H2,1-3H3,(H,16,21)/t14-/m1/s1. The Morgan fingerprint density at radius 1 is 1.29 bits per heavy atom. The van der Waals surface area contributed by atoms with E-state index in [1.165, 1.54) is 0 Å². The Morgan fingerprint density at radius 3 is 2.33 bits per heavy atom. The maximum atomic E-state index is 11.8. The molecule has 0 radical (unpaired) electrons. The molecule has 0 aliphatic carbocycles. The summed E-state index contributed by atoms with van der Waals surface area (Å²) in [5.41, 5.74) is -0.336. The van der Waals surface area contributed by atoms with E-state index in [1.807, 2.05) is 11.8 Å². The number of aliphatic hydroxyl groups is 1. The number of hydrogen-bond donors (Lipinski definition) is 2. The summed E-state index contributed by atoms with van der Waals surface area (Å²) in [5, 5.41) is 12.4. The molecule has 2 amide bonds. The third kappa shape index (κ3) is 3.21. The number of nitrogens with zero attached hydrogens (tertiary/aromatic N) is 2. The van der Waals surface area contributed by atoms with Gasteiger partial charge in [0.15, 0.2) is 0 Å². The van der Waals surface area contributed by atoms with Gasteiger partial charge in [0.2, 0.25) is 11.8 Å². The summed E-state index contributed by atoms with van der Waals surface area (Å²) in [5.74, 6) is 0.0825. The molecule has 2 heterocycles. The van der Waals surface area contributed by atoms with Crippen LogP contribution in [-0.4, -0.2) is 72.1 Å². The number of piperidine rings is 1. The van der Waals surface area contributed by atoms with E-state index in [4.69, 9.17) is 0 Å². The number of amides is 2. The molecule has 120 valence electrons. The van der Waals surface area contributed by atoms with Crippen LogP contribution in [0.15, 0.2) is 0 Å². The lowest BCUT2D eigenvalue weighted by atomic mass is 9.74. The summed E-state index contributed by atoms with van der Waals surface area (Å²) in [6, 6.07) is 0. The van der Waals surface area contributed by atoms with Gasteiger partial charge in [0.1, 0.15) is 0 Å². The number of carbonyl (C=O) groups excluding carboxylic acids is 2. The summed E-state index contributed by atoms with van der Waals surface area (Å²) in [7, 11) is 1.65. The predicted octanol–water partition coefficient (Wildman–Crippen LogP) is -0.182. The quantitative estimate of drug-likeness (QED) is 0.758. The molecule has 0 aromatic heterocycles. The molecule has 0 aromatic rings. The number of aliphatic hydroxyl groups excluding tert-OH is 1. The van der Waals surface area contributed by atoms with Crippen molar-refractivity contribution in [1.29, 1.82) is 0 Å². The molecule has 0 unspecified atom stereocenters. The van der Waals surface area contributed by atoms with E-state index in [-0.39, 0.29) is 23.8 Å². The second-order valence-electron chi connectivity index (χ2n) is 6.89. The topological polar surface area (TPSA) is 72.9 Å². The average molecular weight is 297 g/mol. The molecular formula is C15H27N3O3. The highest BCUT2D eigenvalue weighted by Gasteiger charge is 2.52. The fraction of sp³-hybridized carbons (Fsp3) is 0.867. The zero-order valence-corrected chi connectivity index (χ0v) is 13.3. The summed E-state index contributed by atoms with van der Waals surface area (Å²) >= 11 is 0. The van der Waals surface area contributed by atoms with E-state index in [9.17, 15) is 14.7 Å². The van der Waals surface area contributed by atoms with Crippen LogP contribution in [0.25, 0.3) is 0 Å². The van der Waals surface area contributed by atoms with Crippen LogP contribution in [0, 0.1) is 5.41 Å². The van der Waals surface area contributed by atoms with Gasteiger partial charge in [-0.25, -0.2) is 0 Å². The molecule has 6 nitrogen and oxygen atoms in total. The monoisotopic (exact) mass is 297 g/mol. The van der Waals surface area contributed by atoms with Gasteiger partial charge < -0.3 is 15.3 Å². The van der Waals surface area contributed by atoms with Gasteiger partial charge >= 0.3 is 0 Å². The minimum absolute atomic E-state index is 0.0102. The minimum Gasteiger partial charge on any atom is -0.394 e. The minimum atomic E-state index is -0.436. The first-order chi connectivity index (χ1) is 9.84. The molecule has 2 N–H and O–H groups in total. The summed E-state index contributed by atoms with van der Waals surface area (Å²) in [4.78, 5) is 27.3. The van der Waals surface area contributed by atoms with E-state index in [0.29, 0.717) is 6.54 Å². The molecule has 2 fully saturated rings. The van der Waals surface area contributed by atoms with Crippen molar-refractivity contribution < 1.29 is 14.7 Å². The lowest BCUT2D eigenvalue weighted by Crippen LogP contribution is -2.46. The number of nitrogens with one attached hydrogen (secondary N) is 1. The Morgan fingerprint density at radius 2 is 1.90 bits per heavy atom. The largest absolute Gasteiger partial charge is 0.394 e. The SMILES string of the molecule is CNC(=O)CN1CCC2(CC1)CN(C(C)=O)[C@@](C)(CO)C2. The van der Waals surface area contributed by atoms with Gasteiger partial charge in [-0.1, -0.05) is 0 Å². The third-order valence-electron chi connectivity index (χ3n) is 5.18. The molecule has 0 aromatic carbocycles. The maximum absolute atomic E-state index is 11.8. The van der Waals surface area contributed by atoms with Crippen LogP contribution in [0.3, 0.4) is 0 Å². The van der Waals surface area contributed by atoms with Crippen LogP contribution in [0.4, 0.5) is 0 Å².